The van der Waals surface area contributed by atoms with Crippen molar-refractivity contribution in [1.82, 2.24) is 0 Å². The van der Waals surface area contributed by atoms with Gasteiger partial charge in [-0.1, -0.05) is 11.6 Å². The van der Waals surface area contributed by atoms with Gasteiger partial charge < -0.3 is 9.47 Å². The molecule has 0 saturated heterocycles. The van der Waals surface area contributed by atoms with Crippen molar-refractivity contribution in [1.29, 1.82) is 0 Å². The van der Waals surface area contributed by atoms with Crippen LogP contribution in [0.1, 0.15) is 20.3 Å². The Morgan fingerprint density at radius 1 is 1.29 bits per heavy atom. The zero-order valence-corrected chi connectivity index (χ0v) is 8.41. The standard InChI is InChI=1S/C10H14O4/c1-7(11)13-4-3-9-5-10(9)6-14-8(2)12/h5,10H,3-4,6H2,1-2H3. The van der Waals surface area contributed by atoms with E-state index in [9.17, 15) is 9.59 Å². The Morgan fingerprint density at radius 2 is 1.93 bits per heavy atom. The molecule has 1 rings (SSSR count). The number of carbonyl (C=O) groups excluding carboxylic acids is 2. The smallest absolute Gasteiger partial charge is 0.302 e. The lowest BCUT2D eigenvalue weighted by molar-refractivity contribution is -0.141. The van der Waals surface area contributed by atoms with Gasteiger partial charge in [-0.05, 0) is 0 Å². The fourth-order valence-electron chi connectivity index (χ4n) is 1.15. The lowest BCUT2D eigenvalue weighted by atomic mass is 10.2. The molecule has 0 spiro atoms. The van der Waals surface area contributed by atoms with Crippen LogP contribution in [-0.4, -0.2) is 25.2 Å². The van der Waals surface area contributed by atoms with Crippen LogP contribution in [0.5, 0.6) is 0 Å². The molecule has 1 atom stereocenters. The average molecular weight is 198 g/mol. The molecule has 0 heterocycles. The largest absolute Gasteiger partial charge is 0.466 e. The lowest BCUT2D eigenvalue weighted by Crippen LogP contribution is -2.05. The first-order chi connectivity index (χ1) is 6.59. The van der Waals surface area contributed by atoms with Gasteiger partial charge in [0.15, 0.2) is 0 Å². The third-order valence-corrected chi connectivity index (χ3v) is 1.94. The SMILES string of the molecule is CC(=O)OCCC1=CC1COC(C)=O. The Balaban J connectivity index is 1.99. The Kier molecular flexibility index (Phi) is 3.68. The van der Waals surface area contributed by atoms with Gasteiger partial charge in [-0.2, -0.15) is 0 Å². The number of hydrogen-bond donors (Lipinski definition) is 0. The van der Waals surface area contributed by atoms with Crippen molar-refractivity contribution < 1.29 is 19.1 Å². The highest BCUT2D eigenvalue weighted by molar-refractivity contribution is 5.66. The molecule has 4 heteroatoms. The van der Waals surface area contributed by atoms with Crippen LogP contribution in [0, 0.1) is 5.92 Å². The van der Waals surface area contributed by atoms with E-state index < -0.39 is 0 Å². The molecule has 1 unspecified atom stereocenters. The van der Waals surface area contributed by atoms with Gasteiger partial charge in [0.2, 0.25) is 0 Å². The maximum Gasteiger partial charge on any atom is 0.302 e. The van der Waals surface area contributed by atoms with E-state index in [2.05, 4.69) is 0 Å². The fraction of sp³-hybridized carbons (Fsp3) is 0.600. The molecule has 1 aliphatic carbocycles. The topological polar surface area (TPSA) is 52.6 Å². The minimum absolute atomic E-state index is 0.260. The number of esters is 2. The summed E-state index contributed by atoms with van der Waals surface area (Å²) in [5, 5.41) is 0. The maximum absolute atomic E-state index is 10.5. The minimum atomic E-state index is -0.261. The number of rotatable bonds is 5. The van der Waals surface area contributed by atoms with E-state index in [-0.39, 0.29) is 17.9 Å². The number of hydrogen-bond acceptors (Lipinski definition) is 4. The molecule has 0 amide bonds. The van der Waals surface area contributed by atoms with Crippen molar-refractivity contribution in [2.75, 3.05) is 13.2 Å². The molecular formula is C10H14O4. The van der Waals surface area contributed by atoms with Crippen LogP contribution in [0.15, 0.2) is 11.6 Å². The first kappa shape index (κ1) is 10.8. The predicted molar refractivity (Wildman–Crippen MR) is 49.5 cm³/mol. The van der Waals surface area contributed by atoms with E-state index >= 15 is 0 Å². The van der Waals surface area contributed by atoms with E-state index in [1.165, 1.54) is 19.4 Å². The zero-order valence-electron chi connectivity index (χ0n) is 8.41. The average Bonchev–Trinajstić information content (AvgIpc) is 2.79. The van der Waals surface area contributed by atoms with Crippen molar-refractivity contribution in [3.05, 3.63) is 11.6 Å². The lowest BCUT2D eigenvalue weighted by Gasteiger charge is -2.02. The van der Waals surface area contributed by atoms with Gasteiger partial charge >= 0.3 is 11.9 Å². The van der Waals surface area contributed by atoms with Crippen molar-refractivity contribution >= 4 is 11.9 Å². The summed E-state index contributed by atoms with van der Waals surface area (Å²) in [5.41, 5.74) is 1.20. The summed E-state index contributed by atoms with van der Waals surface area (Å²) >= 11 is 0. The normalized spacial score (nSPS) is 18.4. The second-order valence-electron chi connectivity index (χ2n) is 3.24. The van der Waals surface area contributed by atoms with Gasteiger partial charge in [-0.3, -0.25) is 9.59 Å². The molecular weight excluding hydrogens is 184 g/mol. The van der Waals surface area contributed by atoms with Gasteiger partial charge in [-0.25, -0.2) is 0 Å². The highest BCUT2D eigenvalue weighted by atomic mass is 16.5. The zero-order chi connectivity index (χ0) is 10.6. The summed E-state index contributed by atoms with van der Waals surface area (Å²) in [5.74, 6) is -0.248. The Hall–Kier alpha value is -1.32. The third-order valence-electron chi connectivity index (χ3n) is 1.94. The molecule has 1 aliphatic rings. The van der Waals surface area contributed by atoms with Crippen LogP contribution in [0.3, 0.4) is 0 Å². The Morgan fingerprint density at radius 3 is 2.50 bits per heavy atom. The van der Waals surface area contributed by atoms with Crippen LogP contribution >= 0.6 is 0 Å². The van der Waals surface area contributed by atoms with Gasteiger partial charge in [0.25, 0.3) is 0 Å². The van der Waals surface area contributed by atoms with Gasteiger partial charge in [-0.15, -0.1) is 0 Å². The molecule has 0 aromatic rings. The van der Waals surface area contributed by atoms with Crippen molar-refractivity contribution in [2.24, 2.45) is 5.92 Å². The summed E-state index contributed by atoms with van der Waals surface area (Å²) in [4.78, 5) is 20.9. The van der Waals surface area contributed by atoms with Crippen LogP contribution < -0.4 is 0 Å². The summed E-state index contributed by atoms with van der Waals surface area (Å²) in [6, 6.07) is 0. The number of ether oxygens (including phenoxy) is 2. The van der Waals surface area contributed by atoms with Crippen LogP contribution in [0.4, 0.5) is 0 Å². The molecule has 0 fully saturated rings. The van der Waals surface area contributed by atoms with E-state index in [1.807, 2.05) is 6.08 Å². The molecule has 0 aliphatic heterocycles. The molecule has 0 bridgehead atoms. The quantitative estimate of drug-likeness (QED) is 0.489. The molecule has 0 saturated carbocycles. The van der Waals surface area contributed by atoms with E-state index in [0.29, 0.717) is 13.2 Å². The van der Waals surface area contributed by atoms with E-state index in [1.54, 1.807) is 0 Å². The highest BCUT2D eigenvalue weighted by Gasteiger charge is 2.25. The van der Waals surface area contributed by atoms with E-state index in [0.717, 1.165) is 6.42 Å². The van der Waals surface area contributed by atoms with Gasteiger partial charge in [0.05, 0.1) is 6.61 Å². The van der Waals surface area contributed by atoms with Crippen LogP contribution in [-0.2, 0) is 19.1 Å². The molecule has 0 aromatic heterocycles. The first-order valence-corrected chi connectivity index (χ1v) is 4.57. The van der Waals surface area contributed by atoms with Crippen LogP contribution in [0.25, 0.3) is 0 Å². The second kappa shape index (κ2) is 4.79. The summed E-state index contributed by atoms with van der Waals surface area (Å²) in [6.45, 7) is 3.61. The summed E-state index contributed by atoms with van der Waals surface area (Å²) in [6.07, 6.45) is 2.76. The number of carbonyl (C=O) groups is 2. The summed E-state index contributed by atoms with van der Waals surface area (Å²) < 4.78 is 9.60. The molecule has 78 valence electrons. The van der Waals surface area contributed by atoms with Gasteiger partial charge in [0.1, 0.15) is 6.61 Å². The molecule has 0 N–H and O–H groups in total. The van der Waals surface area contributed by atoms with Crippen molar-refractivity contribution in [3.63, 3.8) is 0 Å². The highest BCUT2D eigenvalue weighted by Crippen LogP contribution is 2.31. The fourth-order valence-corrected chi connectivity index (χ4v) is 1.15. The van der Waals surface area contributed by atoms with Crippen molar-refractivity contribution in [2.45, 2.75) is 20.3 Å². The molecule has 4 nitrogen and oxygen atoms in total. The monoisotopic (exact) mass is 198 g/mol. The van der Waals surface area contributed by atoms with Crippen LogP contribution in [0.2, 0.25) is 0 Å². The molecule has 14 heavy (non-hydrogen) atoms. The second-order valence-corrected chi connectivity index (χ2v) is 3.24. The minimum Gasteiger partial charge on any atom is -0.466 e. The third kappa shape index (κ3) is 4.07. The predicted octanol–water partition coefficient (Wildman–Crippen LogP) is 1.06. The summed E-state index contributed by atoms with van der Waals surface area (Å²) in [7, 11) is 0. The maximum atomic E-state index is 10.5. The Bertz CT molecular complexity index is 267. The first-order valence-electron chi connectivity index (χ1n) is 4.57. The molecule has 0 aromatic carbocycles. The molecule has 0 radical (unpaired) electrons. The van der Waals surface area contributed by atoms with Gasteiger partial charge in [0, 0.05) is 26.2 Å². The Labute approximate surface area is 82.9 Å². The van der Waals surface area contributed by atoms with E-state index in [4.69, 9.17) is 9.47 Å². The van der Waals surface area contributed by atoms with Crippen molar-refractivity contribution in [3.8, 4) is 0 Å².